The average Bonchev–Trinajstić information content (AvgIpc) is 0.865. The zero-order chi connectivity index (χ0) is 96.3. The zero-order valence-corrected chi connectivity index (χ0v) is 89.1. The molecule has 27 heteroatoms. The van der Waals surface area contributed by atoms with Gasteiger partial charge in [-0.2, -0.15) is 23.3 Å². The molecule has 12 aromatic carbocycles. The Morgan fingerprint density at radius 2 is 0.507 bits per heavy atom. The molecular formula is C117H79Ir5N10O10S2-5. The fourth-order valence-corrected chi connectivity index (χ4v) is 15.2. The number of para-hydroxylation sites is 2. The topological polar surface area (TPSA) is 315 Å². The SMILES string of the molecule is O=C(O)c1cc2ccccc2cn1.O=C(O)c1cc2ccccc2cn1.O=C(O)c1ccc2ccccc2n1.O=C(O)c1nccc2ccccc12.O=C(O)c1nccc2ccccc12.[Ir].[Ir].[Ir].[Ir].[Ir].[c-]1cc2ccccc2cc1-c1ccc2ccccc2n1.[c-]1cc2ccccc2cc1-c1ccccn1.[c-]1cc2ccccc2cc1-c1ccccn1.[c-]1cscc1-c1ccccn1.[c-]1cscc1-c1ccccn1. The predicted octanol–water partition coefficient (Wildman–Crippen LogP) is 27.1. The van der Waals surface area contributed by atoms with Gasteiger partial charge >= 0.3 is 29.8 Å². The monoisotopic (exact) mass is 2810 g/mol. The number of hydrogen-bond acceptors (Lipinski definition) is 17. The van der Waals surface area contributed by atoms with Crippen LogP contribution in [0.5, 0.6) is 0 Å². The van der Waals surface area contributed by atoms with Crippen molar-refractivity contribution >= 4 is 150 Å². The van der Waals surface area contributed by atoms with Gasteiger partial charge in [0.15, 0.2) is 11.4 Å². The summed E-state index contributed by atoms with van der Waals surface area (Å²) in [6.45, 7) is 0. The van der Waals surface area contributed by atoms with Crippen molar-refractivity contribution in [1.29, 1.82) is 0 Å². The Balaban J connectivity index is 0.000000164. The van der Waals surface area contributed by atoms with Crippen LogP contribution in [0, 0.1) is 30.3 Å². The summed E-state index contributed by atoms with van der Waals surface area (Å²) in [5.74, 6) is -4.96. The van der Waals surface area contributed by atoms with Crippen LogP contribution < -0.4 is 0 Å². The maximum Gasteiger partial charge on any atom is 0.355 e. The van der Waals surface area contributed by atoms with E-state index >= 15 is 0 Å². The standard InChI is InChI=1S/C19H12N.2C15H10N.5C10H7NO2.2C9H6NS.5Ir/c1-2-7-16-13-17(10-9-14(16)5-1)19-12-11-15-6-3-4-8-18(15)20-19;2*1-2-6-13-11-14(9-8-12(13)5-1)15-7-3-4-10-16-15;2*12-10(13)9-5-7-3-1-2-4-8(7)6-11-9;2*12-10(13)9-8-4-2-1-3-7(8)5-6-11-9;12-10(13)9-6-5-7-3-1-2-4-8(7)11-9;2*1-2-5-10-9(3-1)8-4-6-11-7-8;;;;;/h1-9,11-13H;2*1-8,10-11H;5*1-6H,(H,12,13);2*1-3,5-7H;;;;;/q3*-1;;;;;;2*-1;;;;;. The molecule has 0 saturated heterocycles. The van der Waals surface area contributed by atoms with Crippen molar-refractivity contribution in [1.82, 2.24) is 49.8 Å². The Labute approximate surface area is 903 Å². The Bertz CT molecular complexity index is 7730. The zero-order valence-electron chi connectivity index (χ0n) is 75.5. The number of rotatable bonds is 10. The molecule has 0 bridgehead atoms. The number of carbonyl (C=O) groups is 5. The molecule has 0 aliphatic carbocycles. The molecule has 719 valence electrons. The minimum Gasteiger partial charge on any atom is -0.477 e. The molecular weight excluding hydrogens is 2730 g/mol. The number of nitrogens with zero attached hydrogens (tertiary/aromatic N) is 10. The van der Waals surface area contributed by atoms with Crippen LogP contribution in [0.3, 0.4) is 0 Å². The molecule has 0 aliphatic heterocycles. The maximum absolute atomic E-state index is 10.8. The van der Waals surface area contributed by atoms with E-state index < -0.39 is 29.8 Å². The summed E-state index contributed by atoms with van der Waals surface area (Å²) >= 11 is 3.28. The Hall–Kier alpha value is -15.5. The number of aromatic carboxylic acids is 5. The summed E-state index contributed by atoms with van der Waals surface area (Å²) < 4.78 is 0. The fourth-order valence-electron chi connectivity index (χ4n) is 14.0. The number of carboxylic acid groups (broad SMARTS) is 5. The van der Waals surface area contributed by atoms with Crippen molar-refractivity contribution in [2.75, 3.05) is 0 Å². The Kier molecular flexibility index (Phi) is 43.6. The third-order valence-electron chi connectivity index (χ3n) is 20.9. The molecule has 0 atom stereocenters. The second kappa shape index (κ2) is 56.8. The smallest absolute Gasteiger partial charge is 0.355 e. The maximum atomic E-state index is 10.8. The molecule has 0 saturated carbocycles. The second-order valence-corrected chi connectivity index (χ2v) is 31.5. The van der Waals surface area contributed by atoms with Crippen LogP contribution in [0.4, 0.5) is 0 Å². The first-order valence-electron chi connectivity index (χ1n) is 43.1. The van der Waals surface area contributed by atoms with E-state index in [1.54, 1.807) is 121 Å². The first-order chi connectivity index (χ1) is 68.1. The van der Waals surface area contributed by atoms with Crippen LogP contribution in [0.25, 0.3) is 153 Å². The first-order valence-corrected chi connectivity index (χ1v) is 45.0. The number of hydrogen-bond donors (Lipinski definition) is 5. The number of pyridine rings is 10. The molecule has 5 N–H and O–H groups in total. The van der Waals surface area contributed by atoms with Gasteiger partial charge in [0.2, 0.25) is 0 Å². The molecule has 0 spiro atoms. The first kappa shape index (κ1) is 110. The van der Waals surface area contributed by atoms with Crippen LogP contribution in [0.1, 0.15) is 52.4 Å². The van der Waals surface area contributed by atoms with Gasteiger partial charge in [0, 0.05) is 177 Å². The van der Waals surface area contributed by atoms with Gasteiger partial charge in [-0.1, -0.05) is 300 Å². The van der Waals surface area contributed by atoms with Crippen molar-refractivity contribution in [3.8, 4) is 56.3 Å². The minimum absolute atomic E-state index is 0. The summed E-state index contributed by atoms with van der Waals surface area (Å²) in [4.78, 5) is 94.2. The number of aromatic nitrogens is 10. The van der Waals surface area contributed by atoms with Crippen LogP contribution in [-0.2, 0) is 101 Å². The quantitative estimate of drug-likeness (QED) is 0.0794. The van der Waals surface area contributed by atoms with Gasteiger partial charge in [-0.05, 0) is 122 Å². The normalized spacial score (nSPS) is 9.94. The summed E-state index contributed by atoms with van der Waals surface area (Å²) in [6.07, 6.45) is 13.3. The molecule has 24 aromatic rings. The Morgan fingerprint density at radius 1 is 0.215 bits per heavy atom. The largest absolute Gasteiger partial charge is 0.477 e. The van der Waals surface area contributed by atoms with Gasteiger partial charge in [0.1, 0.15) is 17.1 Å². The third kappa shape index (κ3) is 31.2. The molecule has 12 aromatic heterocycles. The molecule has 24 rings (SSSR count). The Morgan fingerprint density at radius 3 is 0.840 bits per heavy atom. The van der Waals surface area contributed by atoms with E-state index in [1.807, 2.05) is 252 Å². The van der Waals surface area contributed by atoms with E-state index in [0.29, 0.717) is 16.3 Å². The van der Waals surface area contributed by atoms with Crippen molar-refractivity contribution in [3.05, 3.63) is 506 Å². The van der Waals surface area contributed by atoms with Crippen LogP contribution in [0.2, 0.25) is 0 Å². The van der Waals surface area contributed by atoms with Gasteiger partial charge in [0.05, 0.1) is 11.0 Å². The van der Waals surface area contributed by atoms with E-state index in [-0.39, 0.29) is 129 Å². The molecule has 20 nitrogen and oxygen atoms in total. The average molecular weight is 2810 g/mol. The third-order valence-corrected chi connectivity index (χ3v) is 22.1. The number of carboxylic acids is 5. The number of thiophene rings is 2. The van der Waals surface area contributed by atoms with Crippen molar-refractivity contribution < 1.29 is 150 Å². The number of benzene rings is 12. The van der Waals surface area contributed by atoms with Gasteiger partial charge in [-0.25, -0.2) is 71.6 Å². The predicted molar refractivity (Wildman–Crippen MR) is 552 cm³/mol. The minimum atomic E-state index is -0.995. The van der Waals surface area contributed by atoms with Gasteiger partial charge < -0.3 is 45.5 Å². The molecule has 0 amide bonds. The van der Waals surface area contributed by atoms with Crippen molar-refractivity contribution in [2.24, 2.45) is 0 Å². The van der Waals surface area contributed by atoms with E-state index in [1.165, 1.54) is 50.8 Å². The molecule has 0 fully saturated rings. The summed E-state index contributed by atoms with van der Waals surface area (Å²) in [7, 11) is 0. The van der Waals surface area contributed by atoms with Gasteiger partial charge in [-0.3, -0.25) is 4.98 Å². The molecule has 144 heavy (non-hydrogen) atoms. The van der Waals surface area contributed by atoms with E-state index in [2.05, 4.69) is 154 Å². The van der Waals surface area contributed by atoms with Crippen molar-refractivity contribution in [3.63, 3.8) is 0 Å². The summed E-state index contributed by atoms with van der Waals surface area (Å²) in [5.41, 5.74) is 12.4. The van der Waals surface area contributed by atoms with Gasteiger partial charge in [-0.15, -0.1) is 98.2 Å². The van der Waals surface area contributed by atoms with E-state index in [0.717, 1.165) is 105 Å². The summed E-state index contributed by atoms with van der Waals surface area (Å²) in [6, 6.07) is 136. The molecule has 0 aliphatic rings. The second-order valence-electron chi connectivity index (χ2n) is 30.0. The van der Waals surface area contributed by atoms with Gasteiger partial charge in [0.25, 0.3) is 0 Å². The van der Waals surface area contributed by atoms with Crippen LogP contribution in [0.15, 0.2) is 447 Å². The summed E-state index contributed by atoms with van der Waals surface area (Å²) in [5, 5.41) is 67.9. The van der Waals surface area contributed by atoms with Crippen LogP contribution >= 0.6 is 22.7 Å². The molecule has 12 heterocycles. The molecule has 5 radical (unpaired) electrons. The molecule has 0 unspecified atom stereocenters. The van der Waals surface area contributed by atoms with Crippen LogP contribution in [-0.4, -0.2) is 105 Å². The van der Waals surface area contributed by atoms with E-state index in [4.69, 9.17) is 30.5 Å². The van der Waals surface area contributed by atoms with E-state index in [9.17, 15) is 24.0 Å². The van der Waals surface area contributed by atoms with Crippen molar-refractivity contribution in [2.45, 2.75) is 0 Å². The number of fused-ring (bicyclic) bond motifs is 9. The fraction of sp³-hybridized carbons (Fsp3) is 0.